The van der Waals surface area contributed by atoms with E-state index in [2.05, 4.69) is 46.8 Å². The number of fused-ring (bicyclic) bond motifs is 7. The first-order valence-corrected chi connectivity index (χ1v) is 15.2. The third-order valence-electron chi connectivity index (χ3n) is 14.1. The molecule has 0 aliphatic heterocycles. The Balaban J connectivity index is 1.33. The molecule has 0 bridgehead atoms. The second-order valence-electron chi connectivity index (χ2n) is 15.5. The van der Waals surface area contributed by atoms with E-state index in [1.165, 1.54) is 64.2 Å². The highest BCUT2D eigenvalue weighted by molar-refractivity contribution is 5.41. The summed E-state index contributed by atoms with van der Waals surface area (Å²) in [5.74, 6) is 3.42. The molecular formula is C33H52FN. The molecule has 196 valence electrons. The maximum Gasteiger partial charge on any atom is 0.0925 e. The SMILES string of the molecule is CC1(C)C(C2=CCC(CF)CC2)=CCC2(C)C1CCC1(C)C2CCC2C3CCCC3(N)CC[C@]21C. The smallest absolute Gasteiger partial charge is 0.0925 e. The van der Waals surface area contributed by atoms with Gasteiger partial charge in [0.2, 0.25) is 0 Å². The summed E-state index contributed by atoms with van der Waals surface area (Å²) in [5, 5.41) is 0. The Bertz CT molecular complexity index is 931. The van der Waals surface area contributed by atoms with Crippen LogP contribution in [-0.4, -0.2) is 12.2 Å². The Morgan fingerprint density at radius 3 is 2.34 bits per heavy atom. The van der Waals surface area contributed by atoms with Gasteiger partial charge in [0.15, 0.2) is 0 Å². The van der Waals surface area contributed by atoms with Crippen LogP contribution < -0.4 is 5.73 Å². The minimum atomic E-state index is -0.154. The molecule has 4 fully saturated rings. The van der Waals surface area contributed by atoms with E-state index >= 15 is 0 Å². The van der Waals surface area contributed by atoms with Gasteiger partial charge in [-0.1, -0.05) is 53.2 Å². The van der Waals surface area contributed by atoms with E-state index in [1.807, 2.05) is 0 Å². The minimum absolute atomic E-state index is 0.147. The molecule has 2 N–H and O–H groups in total. The molecule has 6 aliphatic carbocycles. The first-order valence-electron chi connectivity index (χ1n) is 15.2. The lowest BCUT2D eigenvalue weighted by Gasteiger charge is -2.72. The summed E-state index contributed by atoms with van der Waals surface area (Å²) in [6, 6.07) is 0. The monoisotopic (exact) mass is 481 g/mol. The lowest BCUT2D eigenvalue weighted by atomic mass is 9.33. The zero-order chi connectivity index (χ0) is 24.9. The Kier molecular flexibility index (Phi) is 5.60. The first kappa shape index (κ1) is 24.7. The summed E-state index contributed by atoms with van der Waals surface area (Å²) in [7, 11) is 0. The summed E-state index contributed by atoms with van der Waals surface area (Å²) in [6.07, 6.45) is 21.6. The summed E-state index contributed by atoms with van der Waals surface area (Å²) < 4.78 is 13.3. The Labute approximate surface area is 215 Å². The van der Waals surface area contributed by atoms with Gasteiger partial charge in [-0.25, -0.2) is 0 Å². The van der Waals surface area contributed by atoms with E-state index < -0.39 is 0 Å². The van der Waals surface area contributed by atoms with E-state index in [1.54, 1.807) is 11.1 Å². The summed E-state index contributed by atoms with van der Waals surface area (Å²) in [5.41, 5.74) is 11.9. The maximum atomic E-state index is 13.3. The van der Waals surface area contributed by atoms with E-state index in [-0.39, 0.29) is 23.5 Å². The first-order chi connectivity index (χ1) is 16.5. The predicted octanol–water partition coefficient (Wildman–Crippen LogP) is 8.79. The number of alkyl halides is 1. The molecule has 0 aromatic heterocycles. The van der Waals surface area contributed by atoms with Crippen LogP contribution in [0.4, 0.5) is 4.39 Å². The number of rotatable bonds is 2. The molecule has 0 saturated heterocycles. The molecule has 2 heteroatoms. The Morgan fingerprint density at radius 1 is 0.829 bits per heavy atom. The Morgan fingerprint density at radius 2 is 1.63 bits per heavy atom. The van der Waals surface area contributed by atoms with Crippen molar-refractivity contribution in [2.75, 3.05) is 6.67 Å². The van der Waals surface area contributed by atoms with Crippen molar-refractivity contribution < 1.29 is 4.39 Å². The molecule has 35 heavy (non-hydrogen) atoms. The molecule has 0 heterocycles. The quantitative estimate of drug-likeness (QED) is 0.419. The third-order valence-corrected chi connectivity index (χ3v) is 14.1. The number of hydrogen-bond acceptors (Lipinski definition) is 1. The average molecular weight is 482 g/mol. The van der Waals surface area contributed by atoms with Crippen molar-refractivity contribution in [2.45, 2.75) is 124 Å². The van der Waals surface area contributed by atoms with Crippen molar-refractivity contribution >= 4 is 0 Å². The molecule has 0 aromatic carbocycles. The fourth-order valence-corrected chi connectivity index (χ4v) is 12.0. The molecule has 6 aliphatic rings. The number of halogens is 1. The molecule has 0 spiro atoms. The fourth-order valence-electron chi connectivity index (χ4n) is 12.0. The van der Waals surface area contributed by atoms with Crippen LogP contribution in [0.3, 0.4) is 0 Å². The fraction of sp³-hybridized carbons (Fsp3) is 0.879. The normalized spacial score (nSPS) is 52.9. The highest BCUT2D eigenvalue weighted by Crippen LogP contribution is 2.75. The number of nitrogens with two attached hydrogens (primary N) is 1. The summed E-state index contributed by atoms with van der Waals surface area (Å²) in [4.78, 5) is 0. The number of hydrogen-bond donors (Lipinski definition) is 1. The van der Waals surface area contributed by atoms with Crippen LogP contribution in [0.1, 0.15) is 118 Å². The minimum Gasteiger partial charge on any atom is -0.325 e. The van der Waals surface area contributed by atoms with E-state index in [0.717, 1.165) is 42.9 Å². The molecule has 0 amide bonds. The van der Waals surface area contributed by atoms with Gasteiger partial charge in [-0.15, -0.1) is 0 Å². The van der Waals surface area contributed by atoms with Crippen LogP contribution in [0.25, 0.3) is 0 Å². The van der Waals surface area contributed by atoms with Crippen molar-refractivity contribution in [1.82, 2.24) is 0 Å². The average Bonchev–Trinajstić information content (AvgIpc) is 3.21. The van der Waals surface area contributed by atoms with Gasteiger partial charge in [0, 0.05) is 5.54 Å². The molecule has 6 rings (SSSR count). The highest BCUT2D eigenvalue weighted by atomic mass is 19.1. The molecular weight excluding hydrogens is 429 g/mol. The second kappa shape index (κ2) is 7.94. The maximum absolute atomic E-state index is 13.3. The lowest BCUT2D eigenvalue weighted by molar-refractivity contribution is -0.216. The van der Waals surface area contributed by atoms with Crippen molar-refractivity contribution in [3.05, 3.63) is 23.3 Å². The summed E-state index contributed by atoms with van der Waals surface area (Å²) in [6.45, 7) is 13.1. The zero-order valence-corrected chi connectivity index (χ0v) is 23.4. The lowest BCUT2D eigenvalue weighted by Crippen LogP contribution is -2.66. The van der Waals surface area contributed by atoms with Gasteiger partial charge in [0.25, 0.3) is 0 Å². The van der Waals surface area contributed by atoms with Gasteiger partial charge < -0.3 is 5.73 Å². The summed E-state index contributed by atoms with van der Waals surface area (Å²) >= 11 is 0. The predicted molar refractivity (Wildman–Crippen MR) is 145 cm³/mol. The van der Waals surface area contributed by atoms with Gasteiger partial charge in [-0.2, -0.15) is 0 Å². The van der Waals surface area contributed by atoms with Crippen molar-refractivity contribution in [3.8, 4) is 0 Å². The van der Waals surface area contributed by atoms with Crippen LogP contribution in [0.2, 0.25) is 0 Å². The van der Waals surface area contributed by atoms with Crippen LogP contribution in [0, 0.1) is 51.2 Å². The topological polar surface area (TPSA) is 26.0 Å². The van der Waals surface area contributed by atoms with Crippen molar-refractivity contribution in [3.63, 3.8) is 0 Å². The van der Waals surface area contributed by atoms with Crippen LogP contribution >= 0.6 is 0 Å². The third kappa shape index (κ3) is 3.20. The van der Waals surface area contributed by atoms with Crippen LogP contribution in [-0.2, 0) is 0 Å². The van der Waals surface area contributed by atoms with Crippen LogP contribution in [0.15, 0.2) is 23.3 Å². The van der Waals surface area contributed by atoms with E-state index in [9.17, 15) is 4.39 Å². The van der Waals surface area contributed by atoms with Gasteiger partial charge in [-0.05, 0) is 139 Å². The van der Waals surface area contributed by atoms with Crippen LogP contribution in [0.5, 0.6) is 0 Å². The van der Waals surface area contributed by atoms with E-state index in [0.29, 0.717) is 16.2 Å². The van der Waals surface area contributed by atoms with Gasteiger partial charge in [0.05, 0.1) is 6.67 Å². The standard InChI is InChI=1S/C33H52FN/c1-29(2)24(23-10-8-22(21-34)9-11-23)14-17-30(3)27(29)15-18-32(5)28(30)13-12-25-26-7-6-16-33(26,35)20-19-31(25,32)4/h10,14,22,25-28H,6-9,11-13,15-21,35H2,1-5H3/t22?,25?,26?,27?,28?,30?,31-,32?,33?/m1/s1. The zero-order valence-electron chi connectivity index (χ0n) is 23.4. The van der Waals surface area contributed by atoms with Crippen molar-refractivity contribution in [2.24, 2.45) is 57.0 Å². The molecule has 8 unspecified atom stereocenters. The molecule has 4 saturated carbocycles. The van der Waals surface area contributed by atoms with Gasteiger partial charge >= 0.3 is 0 Å². The highest BCUT2D eigenvalue weighted by Gasteiger charge is 2.69. The molecule has 0 aromatic rings. The molecule has 0 radical (unpaired) electrons. The van der Waals surface area contributed by atoms with Gasteiger partial charge in [0.1, 0.15) is 0 Å². The number of allylic oxidation sites excluding steroid dienone is 4. The molecule has 9 atom stereocenters. The van der Waals surface area contributed by atoms with Gasteiger partial charge in [-0.3, -0.25) is 4.39 Å². The van der Waals surface area contributed by atoms with E-state index in [4.69, 9.17) is 5.73 Å². The Hall–Kier alpha value is -0.630. The molecule has 1 nitrogen and oxygen atoms in total. The van der Waals surface area contributed by atoms with Crippen molar-refractivity contribution in [1.29, 1.82) is 0 Å². The largest absolute Gasteiger partial charge is 0.325 e. The second-order valence-corrected chi connectivity index (χ2v) is 15.5.